The highest BCUT2D eigenvalue weighted by atomic mass is 32.2. The minimum absolute atomic E-state index is 0.672. The van der Waals surface area contributed by atoms with Gasteiger partial charge in [-0.3, -0.25) is 0 Å². The molecule has 0 aliphatic heterocycles. The Balaban J connectivity index is 3.09. The molecule has 0 unspecified atom stereocenters. The molecule has 0 radical (unpaired) electrons. The van der Waals surface area contributed by atoms with Crippen LogP contribution < -0.4 is 15.2 Å². The van der Waals surface area contributed by atoms with E-state index in [0.29, 0.717) is 5.75 Å². The van der Waals surface area contributed by atoms with Crippen molar-refractivity contribution in [3.8, 4) is 11.5 Å². The lowest BCUT2D eigenvalue weighted by Crippen LogP contribution is -1.95. The molecule has 0 atom stereocenters. The van der Waals surface area contributed by atoms with Crippen LogP contribution in [0.4, 0.5) is 5.69 Å². The molecule has 1 aromatic rings. The highest BCUT2D eigenvalue weighted by Crippen LogP contribution is 2.36. The summed E-state index contributed by atoms with van der Waals surface area (Å²) in [6, 6.07) is 3.69. The van der Waals surface area contributed by atoms with Gasteiger partial charge in [-0.25, -0.2) is 0 Å². The van der Waals surface area contributed by atoms with Gasteiger partial charge in [0.2, 0.25) is 0 Å². The fourth-order valence-corrected chi connectivity index (χ4v) is 1.88. The van der Waals surface area contributed by atoms with Crippen molar-refractivity contribution in [2.75, 3.05) is 25.7 Å². The van der Waals surface area contributed by atoms with Gasteiger partial charge in [0.25, 0.3) is 0 Å². The van der Waals surface area contributed by atoms with Gasteiger partial charge in [-0.15, -0.1) is 11.8 Å². The van der Waals surface area contributed by atoms with Crippen molar-refractivity contribution < 1.29 is 9.47 Å². The van der Waals surface area contributed by atoms with Crippen molar-refractivity contribution >= 4 is 17.4 Å². The average molecular weight is 213 g/mol. The molecule has 0 spiro atoms. The van der Waals surface area contributed by atoms with Gasteiger partial charge in [0, 0.05) is 16.6 Å². The Kier molecular flexibility index (Phi) is 3.95. The van der Waals surface area contributed by atoms with E-state index in [-0.39, 0.29) is 0 Å². The van der Waals surface area contributed by atoms with Crippen LogP contribution in [0.2, 0.25) is 0 Å². The van der Waals surface area contributed by atoms with E-state index in [1.807, 2.05) is 6.07 Å². The number of methoxy groups -OCH3 is 2. The number of nitrogen functional groups attached to an aromatic ring is 1. The zero-order valence-electron chi connectivity index (χ0n) is 8.66. The average Bonchev–Trinajstić information content (AvgIpc) is 2.20. The van der Waals surface area contributed by atoms with Gasteiger partial charge in [-0.05, 0) is 11.8 Å². The maximum Gasteiger partial charge on any atom is 0.162 e. The Bertz CT molecular complexity index is 315. The molecule has 0 aromatic heterocycles. The fourth-order valence-electron chi connectivity index (χ4n) is 1.16. The van der Waals surface area contributed by atoms with Crippen LogP contribution in [-0.4, -0.2) is 20.0 Å². The van der Waals surface area contributed by atoms with Gasteiger partial charge in [0.05, 0.1) is 14.2 Å². The van der Waals surface area contributed by atoms with E-state index >= 15 is 0 Å². The van der Waals surface area contributed by atoms with Gasteiger partial charge in [0.15, 0.2) is 11.5 Å². The first kappa shape index (κ1) is 11.0. The predicted molar refractivity (Wildman–Crippen MR) is 60.4 cm³/mol. The normalized spacial score (nSPS) is 9.93. The molecule has 0 bridgehead atoms. The van der Waals surface area contributed by atoms with Crippen molar-refractivity contribution in [3.63, 3.8) is 0 Å². The first-order chi connectivity index (χ1) is 6.72. The summed E-state index contributed by atoms with van der Waals surface area (Å²) in [5.41, 5.74) is 6.58. The second-order valence-electron chi connectivity index (χ2n) is 2.68. The Labute approximate surface area is 88.6 Å². The van der Waals surface area contributed by atoms with Crippen molar-refractivity contribution in [2.24, 2.45) is 0 Å². The van der Waals surface area contributed by atoms with Gasteiger partial charge in [-0.2, -0.15) is 0 Å². The number of ether oxygens (including phenoxy) is 2. The third-order valence-electron chi connectivity index (χ3n) is 1.82. The summed E-state index contributed by atoms with van der Waals surface area (Å²) in [6.45, 7) is 2.08. The summed E-state index contributed by atoms with van der Waals surface area (Å²) >= 11 is 1.69. The Hall–Kier alpha value is -1.03. The smallest absolute Gasteiger partial charge is 0.162 e. The van der Waals surface area contributed by atoms with Crippen LogP contribution in [0, 0.1) is 0 Å². The second-order valence-corrected chi connectivity index (χ2v) is 3.98. The SMILES string of the molecule is CCSc1cc(OC)c(OC)cc1N. The zero-order chi connectivity index (χ0) is 10.6. The van der Waals surface area contributed by atoms with Gasteiger partial charge >= 0.3 is 0 Å². The van der Waals surface area contributed by atoms with Crippen LogP contribution in [0.3, 0.4) is 0 Å². The molecular formula is C10H15NO2S. The number of thioether (sulfide) groups is 1. The van der Waals surface area contributed by atoms with E-state index in [1.54, 1.807) is 32.0 Å². The molecule has 78 valence electrons. The van der Waals surface area contributed by atoms with Crippen LogP contribution in [0.5, 0.6) is 11.5 Å². The monoisotopic (exact) mass is 213 g/mol. The van der Waals surface area contributed by atoms with Crippen LogP contribution in [0.15, 0.2) is 17.0 Å². The van der Waals surface area contributed by atoms with Crippen LogP contribution in [0.1, 0.15) is 6.92 Å². The molecule has 3 nitrogen and oxygen atoms in total. The van der Waals surface area contributed by atoms with Crippen molar-refractivity contribution in [2.45, 2.75) is 11.8 Å². The highest BCUT2D eigenvalue weighted by Gasteiger charge is 2.08. The van der Waals surface area contributed by atoms with Gasteiger partial charge < -0.3 is 15.2 Å². The third kappa shape index (κ3) is 2.26. The van der Waals surface area contributed by atoms with E-state index < -0.39 is 0 Å². The maximum absolute atomic E-state index is 5.85. The van der Waals surface area contributed by atoms with E-state index in [1.165, 1.54) is 0 Å². The first-order valence-corrected chi connectivity index (χ1v) is 5.35. The Morgan fingerprint density at radius 2 is 1.79 bits per heavy atom. The van der Waals surface area contributed by atoms with E-state index in [2.05, 4.69) is 6.92 Å². The molecule has 0 amide bonds. The maximum atomic E-state index is 5.85. The lowest BCUT2D eigenvalue weighted by atomic mass is 10.3. The van der Waals surface area contributed by atoms with E-state index in [9.17, 15) is 0 Å². The van der Waals surface area contributed by atoms with Gasteiger partial charge in [0.1, 0.15) is 0 Å². The minimum Gasteiger partial charge on any atom is -0.493 e. The van der Waals surface area contributed by atoms with Gasteiger partial charge in [-0.1, -0.05) is 6.92 Å². The van der Waals surface area contributed by atoms with Crippen molar-refractivity contribution in [1.29, 1.82) is 0 Å². The fraction of sp³-hybridized carbons (Fsp3) is 0.400. The molecule has 1 rings (SSSR count). The van der Waals surface area contributed by atoms with Crippen LogP contribution >= 0.6 is 11.8 Å². The molecule has 0 aliphatic rings. The lowest BCUT2D eigenvalue weighted by molar-refractivity contribution is 0.354. The van der Waals surface area contributed by atoms with Crippen LogP contribution in [0.25, 0.3) is 0 Å². The predicted octanol–water partition coefficient (Wildman–Crippen LogP) is 2.40. The van der Waals surface area contributed by atoms with Crippen molar-refractivity contribution in [1.82, 2.24) is 0 Å². The topological polar surface area (TPSA) is 44.5 Å². The minimum atomic E-state index is 0.672. The van der Waals surface area contributed by atoms with E-state index in [0.717, 1.165) is 22.1 Å². The summed E-state index contributed by atoms with van der Waals surface area (Å²) in [6.07, 6.45) is 0. The third-order valence-corrected chi connectivity index (χ3v) is 2.77. The molecule has 14 heavy (non-hydrogen) atoms. The molecule has 0 fully saturated rings. The quantitative estimate of drug-likeness (QED) is 0.616. The summed E-state index contributed by atoms with van der Waals surface area (Å²) < 4.78 is 10.3. The number of rotatable bonds is 4. The number of hydrogen-bond donors (Lipinski definition) is 1. The highest BCUT2D eigenvalue weighted by molar-refractivity contribution is 7.99. The number of nitrogens with two attached hydrogens (primary N) is 1. The summed E-state index contributed by atoms with van der Waals surface area (Å²) in [7, 11) is 3.22. The second kappa shape index (κ2) is 5.00. The van der Waals surface area contributed by atoms with Crippen molar-refractivity contribution in [3.05, 3.63) is 12.1 Å². The standard InChI is InChI=1S/C10H15NO2S/c1-4-14-10-6-9(13-3)8(12-2)5-7(10)11/h5-6H,4,11H2,1-3H3. The largest absolute Gasteiger partial charge is 0.493 e. The molecule has 2 N–H and O–H groups in total. The molecular weight excluding hydrogens is 198 g/mol. The Morgan fingerprint density at radius 3 is 2.29 bits per heavy atom. The van der Waals surface area contributed by atoms with E-state index in [4.69, 9.17) is 15.2 Å². The number of hydrogen-bond acceptors (Lipinski definition) is 4. The zero-order valence-corrected chi connectivity index (χ0v) is 9.48. The Morgan fingerprint density at radius 1 is 1.21 bits per heavy atom. The lowest BCUT2D eigenvalue weighted by Gasteiger charge is -2.11. The summed E-state index contributed by atoms with van der Waals surface area (Å²) in [4.78, 5) is 1.03. The summed E-state index contributed by atoms with van der Waals surface area (Å²) in [5, 5.41) is 0. The molecule has 4 heteroatoms. The molecule has 0 saturated carbocycles. The molecule has 0 aliphatic carbocycles. The molecule has 0 saturated heterocycles. The number of benzene rings is 1. The van der Waals surface area contributed by atoms with Crippen LogP contribution in [-0.2, 0) is 0 Å². The number of anilines is 1. The molecule has 1 aromatic carbocycles. The molecule has 0 heterocycles. The first-order valence-electron chi connectivity index (χ1n) is 4.37. The summed E-state index contributed by atoms with van der Waals surface area (Å²) in [5.74, 6) is 2.38.